The Morgan fingerprint density at radius 3 is 3.07 bits per heavy atom. The Labute approximate surface area is 161 Å². The smallest absolute Gasteiger partial charge is 0.321 e. The molecule has 1 fully saturated rings. The van der Waals surface area contributed by atoms with Gasteiger partial charge in [-0.25, -0.2) is 4.79 Å². The summed E-state index contributed by atoms with van der Waals surface area (Å²) in [6, 6.07) is 11.1. The van der Waals surface area contributed by atoms with Crippen LogP contribution in [0.2, 0.25) is 0 Å². The first kappa shape index (κ1) is 17.5. The van der Waals surface area contributed by atoms with Crippen LogP contribution >= 0.6 is 11.3 Å². The Morgan fingerprint density at radius 2 is 2.26 bits per heavy atom. The number of carbonyl (C=O) groups is 1. The summed E-state index contributed by atoms with van der Waals surface area (Å²) in [4.78, 5) is 15.4. The van der Waals surface area contributed by atoms with Crippen LogP contribution in [0.5, 0.6) is 5.75 Å². The minimum absolute atomic E-state index is 0.0519. The van der Waals surface area contributed by atoms with Crippen LogP contribution in [0.3, 0.4) is 0 Å². The van der Waals surface area contributed by atoms with Crippen LogP contribution in [-0.2, 0) is 0 Å². The van der Waals surface area contributed by atoms with Crippen LogP contribution in [0.4, 0.5) is 10.5 Å². The number of methoxy groups -OCH3 is 1. The van der Waals surface area contributed by atoms with Crippen LogP contribution in [0, 0.1) is 0 Å². The molecule has 27 heavy (non-hydrogen) atoms. The number of benzene rings is 1. The van der Waals surface area contributed by atoms with E-state index in [0.717, 1.165) is 17.7 Å². The molecule has 4 rings (SSSR count). The van der Waals surface area contributed by atoms with Crippen LogP contribution in [0.15, 0.2) is 46.2 Å². The highest BCUT2D eigenvalue weighted by atomic mass is 32.1. The van der Waals surface area contributed by atoms with Gasteiger partial charge in [-0.05, 0) is 36.4 Å². The van der Waals surface area contributed by atoms with Gasteiger partial charge in [0.1, 0.15) is 5.75 Å². The van der Waals surface area contributed by atoms with Gasteiger partial charge in [0.15, 0.2) is 0 Å². The SMILES string of the molecule is COc1cccc(NC(=O)N2CCCC(c3nnc(-c4cccs4)o3)C2)c1. The average Bonchev–Trinajstić information content (AvgIpc) is 3.40. The number of amides is 2. The van der Waals surface area contributed by atoms with Crippen LogP contribution < -0.4 is 10.1 Å². The summed E-state index contributed by atoms with van der Waals surface area (Å²) < 4.78 is 11.1. The van der Waals surface area contributed by atoms with Crippen molar-refractivity contribution < 1.29 is 13.9 Å². The van der Waals surface area contributed by atoms with Gasteiger partial charge in [-0.1, -0.05) is 12.1 Å². The standard InChI is InChI=1S/C19H20N4O3S/c1-25-15-7-2-6-14(11-15)20-19(24)23-9-3-5-13(12-23)17-21-22-18(26-17)16-8-4-10-27-16/h2,4,6-8,10-11,13H,3,5,9,12H2,1H3,(H,20,24). The van der Waals surface area contributed by atoms with Crippen molar-refractivity contribution in [2.24, 2.45) is 0 Å². The van der Waals surface area contributed by atoms with Crippen molar-refractivity contribution in [2.45, 2.75) is 18.8 Å². The van der Waals surface area contributed by atoms with Gasteiger partial charge in [0.2, 0.25) is 5.89 Å². The van der Waals surface area contributed by atoms with E-state index in [1.165, 1.54) is 0 Å². The number of rotatable bonds is 4. The molecule has 1 aliphatic rings. The predicted octanol–water partition coefficient (Wildman–Crippen LogP) is 4.22. The van der Waals surface area contributed by atoms with Gasteiger partial charge in [0, 0.05) is 24.8 Å². The van der Waals surface area contributed by atoms with E-state index >= 15 is 0 Å². The molecule has 1 atom stereocenters. The fraction of sp³-hybridized carbons (Fsp3) is 0.316. The van der Waals surface area contributed by atoms with Gasteiger partial charge in [-0.3, -0.25) is 0 Å². The fourth-order valence-corrected chi connectivity index (χ4v) is 3.81. The average molecular weight is 384 g/mol. The molecule has 1 aliphatic heterocycles. The highest BCUT2D eigenvalue weighted by molar-refractivity contribution is 7.13. The largest absolute Gasteiger partial charge is 0.497 e. The fourth-order valence-electron chi connectivity index (χ4n) is 3.17. The van der Waals surface area contributed by atoms with Crippen LogP contribution in [0.25, 0.3) is 10.8 Å². The molecular weight excluding hydrogens is 364 g/mol. The summed E-state index contributed by atoms with van der Waals surface area (Å²) in [5, 5.41) is 13.3. The minimum Gasteiger partial charge on any atom is -0.497 e. The molecular formula is C19H20N4O3S. The molecule has 1 unspecified atom stereocenters. The summed E-state index contributed by atoms with van der Waals surface area (Å²) in [5.41, 5.74) is 0.708. The number of carbonyl (C=O) groups excluding carboxylic acids is 1. The number of urea groups is 1. The quantitative estimate of drug-likeness (QED) is 0.728. The van der Waals surface area contributed by atoms with Crippen molar-refractivity contribution in [2.75, 3.05) is 25.5 Å². The summed E-state index contributed by atoms with van der Waals surface area (Å²) >= 11 is 1.56. The molecule has 140 valence electrons. The summed E-state index contributed by atoms with van der Waals surface area (Å²) in [6.45, 7) is 1.26. The van der Waals surface area contributed by atoms with Crippen molar-refractivity contribution in [1.29, 1.82) is 0 Å². The number of nitrogens with one attached hydrogen (secondary N) is 1. The molecule has 8 heteroatoms. The maximum absolute atomic E-state index is 12.6. The van der Waals surface area contributed by atoms with Gasteiger partial charge in [0.25, 0.3) is 5.89 Å². The molecule has 1 saturated heterocycles. The molecule has 0 radical (unpaired) electrons. The molecule has 3 heterocycles. The zero-order chi connectivity index (χ0) is 18.6. The van der Waals surface area contributed by atoms with Gasteiger partial charge in [0.05, 0.1) is 17.9 Å². The first-order chi connectivity index (χ1) is 13.2. The number of anilines is 1. The number of hydrogen-bond donors (Lipinski definition) is 1. The monoisotopic (exact) mass is 384 g/mol. The van der Waals surface area contributed by atoms with Gasteiger partial charge in [-0.15, -0.1) is 21.5 Å². The van der Waals surface area contributed by atoms with E-state index in [1.54, 1.807) is 29.4 Å². The maximum atomic E-state index is 12.6. The second kappa shape index (κ2) is 7.79. The molecule has 2 amide bonds. The number of aromatic nitrogens is 2. The first-order valence-corrected chi connectivity index (χ1v) is 9.68. The molecule has 3 aromatic rings. The lowest BCUT2D eigenvalue weighted by molar-refractivity contribution is 0.187. The number of thiophene rings is 1. The summed E-state index contributed by atoms with van der Waals surface area (Å²) in [6.07, 6.45) is 1.82. The van der Waals surface area contributed by atoms with E-state index < -0.39 is 0 Å². The third kappa shape index (κ3) is 3.95. The number of ether oxygens (including phenoxy) is 1. The number of nitrogens with zero attached hydrogens (tertiary/aromatic N) is 3. The molecule has 0 spiro atoms. The molecule has 0 saturated carbocycles. The van der Waals surface area contributed by atoms with Crippen molar-refractivity contribution in [3.63, 3.8) is 0 Å². The van der Waals surface area contributed by atoms with E-state index in [1.807, 2.05) is 35.7 Å². The number of hydrogen-bond acceptors (Lipinski definition) is 6. The Balaban J connectivity index is 1.42. The van der Waals surface area contributed by atoms with Crippen molar-refractivity contribution in [1.82, 2.24) is 15.1 Å². The normalized spacial score (nSPS) is 16.9. The zero-order valence-electron chi connectivity index (χ0n) is 14.9. The van der Waals surface area contributed by atoms with E-state index in [9.17, 15) is 4.79 Å². The van der Waals surface area contributed by atoms with Crippen LogP contribution in [0.1, 0.15) is 24.7 Å². The van der Waals surface area contributed by atoms with Crippen LogP contribution in [-0.4, -0.2) is 41.3 Å². The van der Waals surface area contributed by atoms with Gasteiger partial charge < -0.3 is 19.4 Å². The highest BCUT2D eigenvalue weighted by Crippen LogP contribution is 2.30. The first-order valence-electron chi connectivity index (χ1n) is 8.80. The molecule has 0 bridgehead atoms. The van der Waals surface area contributed by atoms with Crippen molar-refractivity contribution in [3.05, 3.63) is 47.7 Å². The Kier molecular flexibility index (Phi) is 5.06. The van der Waals surface area contributed by atoms with Gasteiger partial charge >= 0.3 is 6.03 Å². The molecule has 1 N–H and O–H groups in total. The highest BCUT2D eigenvalue weighted by Gasteiger charge is 2.28. The number of piperidine rings is 1. The third-order valence-corrected chi connectivity index (χ3v) is 5.41. The Morgan fingerprint density at radius 1 is 1.33 bits per heavy atom. The minimum atomic E-state index is -0.133. The van der Waals surface area contributed by atoms with Gasteiger partial charge in [-0.2, -0.15) is 0 Å². The molecule has 0 aliphatic carbocycles. The Hall–Kier alpha value is -2.87. The summed E-state index contributed by atoms with van der Waals surface area (Å²) in [7, 11) is 1.60. The Bertz CT molecular complexity index is 909. The zero-order valence-corrected chi connectivity index (χ0v) is 15.7. The molecule has 7 nitrogen and oxygen atoms in total. The topological polar surface area (TPSA) is 80.5 Å². The van der Waals surface area contributed by atoms with E-state index in [-0.39, 0.29) is 11.9 Å². The lowest BCUT2D eigenvalue weighted by Gasteiger charge is -2.31. The maximum Gasteiger partial charge on any atom is 0.321 e. The lowest BCUT2D eigenvalue weighted by atomic mass is 9.98. The van der Waals surface area contributed by atoms with E-state index in [0.29, 0.717) is 36.3 Å². The van der Waals surface area contributed by atoms with E-state index in [2.05, 4.69) is 15.5 Å². The second-order valence-corrected chi connectivity index (χ2v) is 7.32. The second-order valence-electron chi connectivity index (χ2n) is 6.37. The lowest BCUT2D eigenvalue weighted by Crippen LogP contribution is -2.41. The summed E-state index contributed by atoms with van der Waals surface area (Å²) in [5.74, 6) is 1.89. The van der Waals surface area contributed by atoms with Crippen molar-refractivity contribution in [3.8, 4) is 16.5 Å². The van der Waals surface area contributed by atoms with E-state index in [4.69, 9.17) is 9.15 Å². The molecule has 1 aromatic carbocycles. The predicted molar refractivity (Wildman–Crippen MR) is 103 cm³/mol. The number of likely N-dealkylation sites (tertiary alicyclic amines) is 1. The molecule has 2 aromatic heterocycles. The third-order valence-electron chi connectivity index (χ3n) is 4.55. The van der Waals surface area contributed by atoms with Crippen molar-refractivity contribution >= 4 is 23.1 Å².